The molecule has 0 aliphatic carbocycles. The van der Waals surface area contributed by atoms with E-state index in [2.05, 4.69) is 10.0 Å². The summed E-state index contributed by atoms with van der Waals surface area (Å²) in [6.45, 7) is 3.11. The molecule has 1 unspecified atom stereocenters. The van der Waals surface area contributed by atoms with Gasteiger partial charge in [-0.15, -0.1) is 0 Å². The highest BCUT2D eigenvalue weighted by atomic mass is 32.2. The molecule has 0 saturated carbocycles. The van der Waals surface area contributed by atoms with Gasteiger partial charge in [-0.3, -0.25) is 4.79 Å². The zero-order valence-corrected chi connectivity index (χ0v) is 12.7. The summed E-state index contributed by atoms with van der Waals surface area (Å²) in [5.41, 5.74) is 0.188. The fraction of sp³-hybridized carbons (Fsp3) is 0.462. The summed E-state index contributed by atoms with van der Waals surface area (Å²) in [6.07, 6.45) is 0.451. The number of halogens is 1. The maximum absolute atomic E-state index is 13.9. The maximum Gasteiger partial charge on any atom is 0.243 e. The molecule has 0 fully saturated rings. The third-order valence-electron chi connectivity index (χ3n) is 2.79. The minimum absolute atomic E-state index is 0.0390. The van der Waals surface area contributed by atoms with E-state index in [1.165, 1.54) is 13.0 Å². The van der Waals surface area contributed by atoms with Gasteiger partial charge in [-0.2, -0.15) is 0 Å². The van der Waals surface area contributed by atoms with Crippen LogP contribution in [-0.2, 0) is 14.8 Å². The van der Waals surface area contributed by atoms with E-state index in [9.17, 15) is 17.6 Å². The summed E-state index contributed by atoms with van der Waals surface area (Å²) in [5.74, 6) is -1.38. The molecule has 1 aromatic carbocycles. The molecule has 0 spiro atoms. The lowest BCUT2D eigenvalue weighted by Crippen LogP contribution is -2.29. The van der Waals surface area contributed by atoms with Crippen molar-refractivity contribution in [3.63, 3.8) is 0 Å². The van der Waals surface area contributed by atoms with Gasteiger partial charge in [0.05, 0.1) is 0 Å². The van der Waals surface area contributed by atoms with Crippen LogP contribution in [0.2, 0.25) is 0 Å². The van der Waals surface area contributed by atoms with Crippen LogP contribution in [0.15, 0.2) is 23.1 Å². The third-order valence-corrected chi connectivity index (χ3v) is 4.24. The number of nitrogens with one attached hydrogen (secondary N) is 2. The number of benzene rings is 1. The number of rotatable bonds is 7. The highest BCUT2D eigenvalue weighted by Crippen LogP contribution is 2.19. The molecule has 1 atom stereocenters. The molecular weight excluding hydrogens is 299 g/mol. The molecule has 1 aromatic rings. The summed E-state index contributed by atoms with van der Waals surface area (Å²) in [7, 11) is -3.97. The molecule has 118 valence electrons. The molecule has 1 amide bonds. The molecule has 0 bridgehead atoms. The lowest BCUT2D eigenvalue weighted by molar-refractivity contribution is -0.114. The Labute approximate surface area is 123 Å². The van der Waals surface area contributed by atoms with Gasteiger partial charge >= 0.3 is 0 Å². The first-order chi connectivity index (χ1) is 9.76. The van der Waals surface area contributed by atoms with Crippen molar-refractivity contribution in [2.45, 2.75) is 25.2 Å². The first-order valence-electron chi connectivity index (χ1n) is 6.44. The number of aliphatic hydroxyl groups excluding tert-OH is 1. The van der Waals surface area contributed by atoms with Gasteiger partial charge in [0.25, 0.3) is 0 Å². The molecule has 8 heteroatoms. The van der Waals surface area contributed by atoms with Crippen molar-refractivity contribution < 1.29 is 22.7 Å². The normalized spacial score (nSPS) is 13.0. The van der Waals surface area contributed by atoms with E-state index in [0.29, 0.717) is 6.42 Å². The Morgan fingerprint density at radius 1 is 1.43 bits per heavy atom. The van der Waals surface area contributed by atoms with Crippen molar-refractivity contribution in [3.05, 3.63) is 24.0 Å². The zero-order valence-electron chi connectivity index (χ0n) is 11.9. The van der Waals surface area contributed by atoms with Crippen LogP contribution < -0.4 is 10.0 Å². The molecule has 0 radical (unpaired) electrons. The number of sulfonamides is 1. The van der Waals surface area contributed by atoms with Crippen molar-refractivity contribution in [2.75, 3.05) is 18.5 Å². The summed E-state index contributed by atoms with van der Waals surface area (Å²) >= 11 is 0. The van der Waals surface area contributed by atoms with Crippen LogP contribution in [0.5, 0.6) is 0 Å². The van der Waals surface area contributed by atoms with Crippen LogP contribution in [0, 0.1) is 11.7 Å². The predicted molar refractivity (Wildman–Crippen MR) is 76.8 cm³/mol. The fourth-order valence-corrected chi connectivity index (χ4v) is 2.87. The number of aliphatic hydroxyl groups is 1. The maximum atomic E-state index is 13.9. The predicted octanol–water partition coefficient (Wildman–Crippen LogP) is 1.08. The van der Waals surface area contributed by atoms with Crippen molar-refractivity contribution in [3.8, 4) is 0 Å². The summed E-state index contributed by atoms with van der Waals surface area (Å²) in [4.78, 5) is 10.4. The lowest BCUT2D eigenvalue weighted by atomic mass is 10.1. The van der Waals surface area contributed by atoms with Gasteiger partial charge < -0.3 is 10.4 Å². The Kier molecular flexibility index (Phi) is 6.25. The molecule has 1 rings (SSSR count). The average Bonchev–Trinajstić information content (AvgIpc) is 2.36. The van der Waals surface area contributed by atoms with E-state index in [-0.39, 0.29) is 30.7 Å². The number of anilines is 1. The van der Waals surface area contributed by atoms with Crippen LogP contribution >= 0.6 is 0 Å². The number of carbonyl (C=O) groups excluding carboxylic acids is 1. The number of carbonyl (C=O) groups is 1. The second kappa shape index (κ2) is 7.48. The molecule has 0 aliphatic rings. The lowest BCUT2D eigenvalue weighted by Gasteiger charge is -2.12. The highest BCUT2D eigenvalue weighted by Gasteiger charge is 2.20. The third kappa shape index (κ3) is 5.41. The van der Waals surface area contributed by atoms with Gasteiger partial charge in [-0.05, 0) is 30.5 Å². The number of hydrogen-bond donors (Lipinski definition) is 3. The Balaban J connectivity index is 2.86. The first-order valence-corrected chi connectivity index (χ1v) is 7.92. The molecule has 6 nitrogen and oxygen atoms in total. The van der Waals surface area contributed by atoms with Gasteiger partial charge in [-0.1, -0.05) is 6.92 Å². The molecule has 21 heavy (non-hydrogen) atoms. The Bertz CT molecular complexity index is 604. The van der Waals surface area contributed by atoms with Crippen molar-refractivity contribution in [1.82, 2.24) is 4.72 Å². The molecule has 3 N–H and O–H groups in total. The zero-order chi connectivity index (χ0) is 16.0. The number of amides is 1. The fourth-order valence-electron chi connectivity index (χ4n) is 1.65. The van der Waals surface area contributed by atoms with Crippen LogP contribution in [0.1, 0.15) is 20.3 Å². The topological polar surface area (TPSA) is 95.5 Å². The minimum Gasteiger partial charge on any atom is -0.396 e. The van der Waals surface area contributed by atoms with E-state index in [0.717, 1.165) is 12.1 Å². The molecule has 0 aliphatic heterocycles. The van der Waals surface area contributed by atoms with Crippen LogP contribution in [0.25, 0.3) is 0 Å². The largest absolute Gasteiger partial charge is 0.396 e. The quantitative estimate of drug-likeness (QED) is 0.701. The van der Waals surface area contributed by atoms with Gasteiger partial charge in [0.1, 0.15) is 10.7 Å². The summed E-state index contributed by atoms with van der Waals surface area (Å²) in [5, 5.41) is 11.1. The van der Waals surface area contributed by atoms with Crippen molar-refractivity contribution in [1.29, 1.82) is 0 Å². The van der Waals surface area contributed by atoms with Crippen LogP contribution in [0.3, 0.4) is 0 Å². The van der Waals surface area contributed by atoms with E-state index < -0.39 is 20.7 Å². The first kappa shape index (κ1) is 17.5. The standard InChI is InChI=1S/C13H19FN2O4S/c1-9(5-6-17)8-15-21(19,20)13-4-3-11(7-12(13)14)16-10(2)18/h3-4,7,9,15,17H,5-6,8H2,1-2H3,(H,16,18). The average molecular weight is 318 g/mol. The molecule has 0 aromatic heterocycles. The molecule has 0 saturated heterocycles. The number of hydrogen-bond acceptors (Lipinski definition) is 4. The van der Waals surface area contributed by atoms with Gasteiger partial charge in [0, 0.05) is 25.8 Å². The Hall–Kier alpha value is -1.51. The van der Waals surface area contributed by atoms with Crippen LogP contribution in [-0.4, -0.2) is 32.6 Å². The van der Waals surface area contributed by atoms with E-state index in [4.69, 9.17) is 5.11 Å². The Morgan fingerprint density at radius 3 is 2.62 bits per heavy atom. The summed E-state index contributed by atoms with van der Waals surface area (Å²) < 4.78 is 40.1. The highest BCUT2D eigenvalue weighted by molar-refractivity contribution is 7.89. The van der Waals surface area contributed by atoms with Crippen molar-refractivity contribution >= 4 is 21.6 Å². The Morgan fingerprint density at radius 2 is 2.10 bits per heavy atom. The van der Waals surface area contributed by atoms with E-state index >= 15 is 0 Å². The van der Waals surface area contributed by atoms with Crippen LogP contribution in [0.4, 0.5) is 10.1 Å². The van der Waals surface area contributed by atoms with Gasteiger partial charge in [0.2, 0.25) is 15.9 Å². The van der Waals surface area contributed by atoms with E-state index in [1.54, 1.807) is 6.92 Å². The monoisotopic (exact) mass is 318 g/mol. The van der Waals surface area contributed by atoms with Gasteiger partial charge in [0.15, 0.2) is 0 Å². The second-order valence-electron chi connectivity index (χ2n) is 4.80. The SMILES string of the molecule is CC(=O)Nc1ccc(S(=O)(=O)NCC(C)CCO)c(F)c1. The van der Waals surface area contributed by atoms with E-state index in [1.807, 2.05) is 0 Å². The van der Waals surface area contributed by atoms with Gasteiger partial charge in [-0.25, -0.2) is 17.5 Å². The minimum atomic E-state index is -3.97. The smallest absolute Gasteiger partial charge is 0.243 e. The second-order valence-corrected chi connectivity index (χ2v) is 6.53. The molecule has 0 heterocycles. The molecular formula is C13H19FN2O4S. The van der Waals surface area contributed by atoms with Crippen molar-refractivity contribution in [2.24, 2.45) is 5.92 Å². The summed E-state index contributed by atoms with van der Waals surface area (Å²) in [6, 6.07) is 3.36.